The van der Waals surface area contributed by atoms with E-state index >= 15 is 0 Å². The second kappa shape index (κ2) is 8.83. The summed E-state index contributed by atoms with van der Waals surface area (Å²) in [5.41, 5.74) is 6.23. The second-order valence-corrected chi connectivity index (χ2v) is 8.69. The first-order chi connectivity index (χ1) is 14.5. The molecule has 9 nitrogen and oxygen atoms in total. The molecule has 168 valence electrons. The van der Waals surface area contributed by atoms with E-state index in [-0.39, 0.29) is 17.2 Å². The van der Waals surface area contributed by atoms with Gasteiger partial charge in [-0.1, -0.05) is 20.8 Å². The lowest BCUT2D eigenvalue weighted by Gasteiger charge is -2.31. The number of ether oxygens (including phenoxy) is 1. The molecular formula is C21H29FN6O3. The van der Waals surface area contributed by atoms with E-state index < -0.39 is 17.9 Å². The van der Waals surface area contributed by atoms with Crippen LogP contribution in [-0.2, 0) is 12.5 Å². The summed E-state index contributed by atoms with van der Waals surface area (Å²) in [7, 11) is 1.74. The van der Waals surface area contributed by atoms with Crippen LogP contribution in [0.2, 0.25) is 0 Å². The highest BCUT2D eigenvalue weighted by molar-refractivity contribution is 5.99. The molecule has 10 heteroatoms. The van der Waals surface area contributed by atoms with Crippen molar-refractivity contribution in [3.05, 3.63) is 35.8 Å². The minimum atomic E-state index is -0.530. The fourth-order valence-electron chi connectivity index (χ4n) is 3.32. The van der Waals surface area contributed by atoms with Crippen molar-refractivity contribution in [3.8, 4) is 5.75 Å². The maximum absolute atomic E-state index is 14.1. The zero-order chi connectivity index (χ0) is 22.8. The zero-order valence-electron chi connectivity index (χ0n) is 18.2. The molecule has 0 bridgehead atoms. The number of amides is 4. The Hall–Kier alpha value is -3.30. The van der Waals surface area contributed by atoms with Gasteiger partial charge in [0.05, 0.1) is 5.69 Å². The van der Waals surface area contributed by atoms with Gasteiger partial charge in [-0.05, 0) is 6.07 Å². The van der Waals surface area contributed by atoms with Crippen LogP contribution in [0, 0.1) is 5.82 Å². The van der Waals surface area contributed by atoms with Gasteiger partial charge < -0.3 is 20.7 Å². The maximum Gasteiger partial charge on any atom is 0.324 e. The maximum atomic E-state index is 14.1. The van der Waals surface area contributed by atoms with E-state index in [4.69, 9.17) is 10.5 Å². The van der Waals surface area contributed by atoms with E-state index in [1.807, 2.05) is 20.8 Å². The molecule has 0 aliphatic carbocycles. The highest BCUT2D eigenvalue weighted by Gasteiger charge is 2.23. The largest absolute Gasteiger partial charge is 0.490 e. The Morgan fingerprint density at radius 3 is 2.42 bits per heavy atom. The summed E-state index contributed by atoms with van der Waals surface area (Å²) in [6, 6.07) is 4.87. The number of nitrogens with zero attached hydrogens (tertiary/aromatic N) is 3. The van der Waals surface area contributed by atoms with Gasteiger partial charge in [-0.15, -0.1) is 0 Å². The topological polar surface area (TPSA) is 115 Å². The van der Waals surface area contributed by atoms with Crippen molar-refractivity contribution in [2.24, 2.45) is 12.8 Å². The molecule has 0 spiro atoms. The summed E-state index contributed by atoms with van der Waals surface area (Å²) in [4.78, 5) is 25.2. The normalized spacial score (nSPS) is 14.9. The van der Waals surface area contributed by atoms with Crippen molar-refractivity contribution in [1.29, 1.82) is 0 Å². The third-order valence-electron chi connectivity index (χ3n) is 5.08. The third-order valence-corrected chi connectivity index (χ3v) is 5.08. The molecule has 1 fully saturated rings. The number of piperidine rings is 1. The smallest absolute Gasteiger partial charge is 0.324 e. The van der Waals surface area contributed by atoms with Gasteiger partial charge in [0.2, 0.25) is 0 Å². The van der Waals surface area contributed by atoms with Gasteiger partial charge >= 0.3 is 12.1 Å². The minimum absolute atomic E-state index is 0.156. The molecule has 31 heavy (non-hydrogen) atoms. The molecule has 1 aliphatic heterocycles. The number of halogens is 1. The van der Waals surface area contributed by atoms with E-state index in [0.29, 0.717) is 37.5 Å². The van der Waals surface area contributed by atoms with E-state index in [1.54, 1.807) is 28.8 Å². The molecule has 4 amide bonds. The summed E-state index contributed by atoms with van der Waals surface area (Å²) in [6.07, 6.45) is 1.03. The predicted molar refractivity (Wildman–Crippen MR) is 116 cm³/mol. The molecule has 4 N–H and O–H groups in total. The Balaban J connectivity index is 1.62. The van der Waals surface area contributed by atoms with Gasteiger partial charge in [-0.25, -0.2) is 14.0 Å². The quantitative estimate of drug-likeness (QED) is 0.687. The van der Waals surface area contributed by atoms with Crippen molar-refractivity contribution >= 4 is 23.6 Å². The van der Waals surface area contributed by atoms with E-state index in [0.717, 1.165) is 5.69 Å². The molecule has 0 radical (unpaired) electrons. The molecule has 0 unspecified atom stereocenters. The number of nitrogens with two attached hydrogens (primary N) is 1. The van der Waals surface area contributed by atoms with Crippen molar-refractivity contribution in [3.63, 3.8) is 0 Å². The minimum Gasteiger partial charge on any atom is -0.490 e. The third kappa shape index (κ3) is 5.87. The molecule has 1 aromatic carbocycles. The average molecular weight is 433 g/mol. The lowest BCUT2D eigenvalue weighted by Crippen LogP contribution is -2.44. The van der Waals surface area contributed by atoms with Crippen molar-refractivity contribution in [2.75, 3.05) is 23.7 Å². The second-order valence-electron chi connectivity index (χ2n) is 8.69. The van der Waals surface area contributed by atoms with E-state index in [9.17, 15) is 14.0 Å². The van der Waals surface area contributed by atoms with Gasteiger partial charge in [0.25, 0.3) is 0 Å². The Labute approximate surface area is 180 Å². The Kier molecular flexibility index (Phi) is 6.37. The number of hydrogen-bond donors (Lipinski definition) is 3. The molecule has 1 aliphatic rings. The van der Waals surface area contributed by atoms with Crippen molar-refractivity contribution < 1.29 is 18.7 Å². The SMILES string of the molecule is Cn1nc(C(C)(C)C)cc1NC(=O)Nc1cc(F)cc(OC2CCN(C(N)=O)CC2)c1. The fourth-order valence-corrected chi connectivity index (χ4v) is 3.32. The number of carbonyl (C=O) groups is 2. The van der Waals surface area contributed by atoms with Crippen molar-refractivity contribution in [2.45, 2.75) is 45.1 Å². The highest BCUT2D eigenvalue weighted by atomic mass is 19.1. The van der Waals surface area contributed by atoms with Crippen LogP contribution in [0.25, 0.3) is 0 Å². The van der Waals surface area contributed by atoms with Crippen LogP contribution in [0.15, 0.2) is 24.3 Å². The highest BCUT2D eigenvalue weighted by Crippen LogP contribution is 2.25. The predicted octanol–water partition coefficient (Wildman–Crippen LogP) is 3.42. The number of rotatable bonds is 4. The van der Waals surface area contributed by atoms with Crippen LogP contribution < -0.4 is 21.1 Å². The number of anilines is 2. The standard InChI is InChI=1S/C21H29FN6O3/c1-21(2,3)17-12-18(27(4)26-17)25-20(30)24-14-9-13(22)10-16(11-14)31-15-5-7-28(8-6-15)19(23)29/h9-12,15H,5-8H2,1-4H3,(H2,23,29)(H2,24,25,30). The first kappa shape index (κ1) is 22.4. The number of benzene rings is 1. The van der Waals surface area contributed by atoms with Crippen LogP contribution in [0.4, 0.5) is 25.5 Å². The molecule has 2 heterocycles. The summed E-state index contributed by atoms with van der Waals surface area (Å²) >= 11 is 0. The monoisotopic (exact) mass is 432 g/mol. The number of likely N-dealkylation sites (tertiary alicyclic amines) is 1. The molecule has 1 aromatic heterocycles. The van der Waals surface area contributed by atoms with Gasteiger partial charge in [0.1, 0.15) is 23.5 Å². The van der Waals surface area contributed by atoms with E-state index in [1.165, 1.54) is 12.1 Å². The lowest BCUT2D eigenvalue weighted by atomic mass is 9.92. The average Bonchev–Trinajstić information content (AvgIpc) is 3.02. The number of primary amides is 1. The van der Waals surface area contributed by atoms with Crippen LogP contribution in [0.3, 0.4) is 0 Å². The van der Waals surface area contributed by atoms with Gasteiger partial charge in [0.15, 0.2) is 0 Å². The van der Waals surface area contributed by atoms with Gasteiger partial charge in [-0.3, -0.25) is 10.00 Å². The van der Waals surface area contributed by atoms with Gasteiger partial charge in [0, 0.05) is 62.3 Å². The molecule has 1 saturated heterocycles. The fraction of sp³-hybridized carbons (Fsp3) is 0.476. The number of hydrogen-bond acceptors (Lipinski definition) is 4. The Morgan fingerprint density at radius 2 is 1.84 bits per heavy atom. The summed E-state index contributed by atoms with van der Waals surface area (Å²) < 4.78 is 21.5. The molecule has 0 saturated carbocycles. The summed E-state index contributed by atoms with van der Waals surface area (Å²) in [5, 5.41) is 9.76. The zero-order valence-corrected chi connectivity index (χ0v) is 18.2. The Bertz CT molecular complexity index is 961. The van der Waals surface area contributed by atoms with Crippen LogP contribution in [0.5, 0.6) is 5.75 Å². The van der Waals surface area contributed by atoms with E-state index in [2.05, 4.69) is 15.7 Å². The molecule has 0 atom stereocenters. The van der Waals surface area contributed by atoms with Crippen LogP contribution in [0.1, 0.15) is 39.3 Å². The molecule has 2 aromatic rings. The number of carbonyl (C=O) groups excluding carboxylic acids is 2. The first-order valence-corrected chi connectivity index (χ1v) is 10.2. The van der Waals surface area contributed by atoms with Crippen LogP contribution >= 0.6 is 0 Å². The molecular weight excluding hydrogens is 403 g/mol. The number of aryl methyl sites for hydroxylation is 1. The number of urea groups is 2. The Morgan fingerprint density at radius 1 is 1.16 bits per heavy atom. The number of aromatic nitrogens is 2. The van der Waals surface area contributed by atoms with Gasteiger partial charge in [-0.2, -0.15) is 5.10 Å². The van der Waals surface area contributed by atoms with Crippen molar-refractivity contribution in [1.82, 2.24) is 14.7 Å². The summed E-state index contributed by atoms with van der Waals surface area (Å²) in [6.45, 7) is 7.08. The first-order valence-electron chi connectivity index (χ1n) is 10.2. The molecule has 3 rings (SSSR count). The summed E-state index contributed by atoms with van der Waals surface area (Å²) in [5.74, 6) is 0.304. The lowest BCUT2D eigenvalue weighted by molar-refractivity contribution is 0.114. The number of nitrogens with one attached hydrogen (secondary N) is 2. The van der Waals surface area contributed by atoms with Crippen LogP contribution in [-0.4, -0.2) is 45.9 Å².